The van der Waals surface area contributed by atoms with Crippen molar-refractivity contribution < 1.29 is 4.79 Å². The highest BCUT2D eigenvalue weighted by atomic mass is 32.2. The first-order chi connectivity index (χ1) is 11.6. The molecular weight excluding hydrogens is 322 g/mol. The highest BCUT2D eigenvalue weighted by Gasteiger charge is 2.21. The lowest BCUT2D eigenvalue weighted by atomic mass is 10.1. The Morgan fingerprint density at radius 1 is 1.21 bits per heavy atom. The van der Waals surface area contributed by atoms with Crippen molar-refractivity contribution in [3.63, 3.8) is 0 Å². The number of hydrogen-bond acceptors (Lipinski definition) is 5. The van der Waals surface area contributed by atoms with Crippen molar-refractivity contribution in [1.82, 2.24) is 19.7 Å². The molecule has 0 bridgehead atoms. The summed E-state index contributed by atoms with van der Waals surface area (Å²) in [4.78, 5) is 13.8. The van der Waals surface area contributed by atoms with Gasteiger partial charge in [-0.1, -0.05) is 36.4 Å². The lowest BCUT2D eigenvalue weighted by Crippen LogP contribution is -2.30. The molecule has 0 spiro atoms. The van der Waals surface area contributed by atoms with Crippen LogP contribution in [0.3, 0.4) is 0 Å². The summed E-state index contributed by atoms with van der Waals surface area (Å²) in [6, 6.07) is 10.0. The summed E-state index contributed by atoms with van der Waals surface area (Å²) < 4.78 is 2.04. The van der Waals surface area contributed by atoms with Crippen LogP contribution in [-0.4, -0.2) is 43.9 Å². The minimum absolute atomic E-state index is 0.347. The third kappa shape index (κ3) is 3.96. The highest BCUT2D eigenvalue weighted by molar-refractivity contribution is 8.00. The smallest absolute Gasteiger partial charge is 0.230 e. The van der Waals surface area contributed by atoms with Crippen LogP contribution >= 0.6 is 11.8 Å². The summed E-state index contributed by atoms with van der Waals surface area (Å²) in [5, 5.41) is 9.08. The molecule has 2 aromatic rings. The Morgan fingerprint density at radius 2 is 1.92 bits per heavy atom. The van der Waals surface area contributed by atoms with Crippen molar-refractivity contribution >= 4 is 17.7 Å². The average molecular weight is 345 g/mol. The van der Waals surface area contributed by atoms with Gasteiger partial charge in [-0.3, -0.25) is 14.3 Å². The lowest BCUT2D eigenvalue weighted by Gasteiger charge is -2.26. The van der Waals surface area contributed by atoms with E-state index in [0.717, 1.165) is 31.1 Å². The van der Waals surface area contributed by atoms with E-state index < -0.39 is 0 Å². The van der Waals surface area contributed by atoms with Crippen molar-refractivity contribution in [1.29, 1.82) is 0 Å². The van der Waals surface area contributed by atoms with Crippen LogP contribution in [0.15, 0.2) is 35.5 Å². The van der Waals surface area contributed by atoms with Crippen molar-refractivity contribution in [2.24, 2.45) is 5.73 Å². The maximum atomic E-state index is 11.4. The standard InChI is InChI=1S/C17H23N5OS/c1-13(16(18)23)24-17-20-19-15(12-21-10-6-3-7-11-21)22(17)14-8-4-2-5-9-14/h2,4-5,8-9,13H,3,6-7,10-12H2,1H3,(H2,18,23). The van der Waals surface area contributed by atoms with E-state index in [1.54, 1.807) is 6.92 Å². The largest absolute Gasteiger partial charge is 0.369 e. The number of carbonyl (C=O) groups is 1. The molecule has 2 heterocycles. The van der Waals surface area contributed by atoms with Gasteiger partial charge < -0.3 is 5.73 Å². The summed E-state index contributed by atoms with van der Waals surface area (Å²) in [7, 11) is 0. The Hall–Kier alpha value is -1.86. The van der Waals surface area contributed by atoms with Crippen LogP contribution in [-0.2, 0) is 11.3 Å². The van der Waals surface area contributed by atoms with Gasteiger partial charge in [-0.05, 0) is 45.0 Å². The number of nitrogens with two attached hydrogens (primary N) is 1. The number of hydrogen-bond donors (Lipinski definition) is 1. The molecule has 6 nitrogen and oxygen atoms in total. The number of piperidine rings is 1. The fourth-order valence-corrected chi connectivity index (χ4v) is 3.69. The van der Waals surface area contributed by atoms with Crippen LogP contribution in [0.1, 0.15) is 32.0 Å². The number of primary amides is 1. The molecule has 7 heteroatoms. The van der Waals surface area contributed by atoms with Crippen LogP contribution in [0, 0.1) is 0 Å². The summed E-state index contributed by atoms with van der Waals surface area (Å²) in [5.74, 6) is 0.558. The molecule has 1 atom stereocenters. The first-order valence-corrected chi connectivity index (χ1v) is 9.21. The number of rotatable bonds is 6. The number of amides is 1. The second-order valence-corrected chi connectivity index (χ2v) is 7.38. The Labute approximate surface area is 146 Å². The van der Waals surface area contributed by atoms with Gasteiger partial charge in [0, 0.05) is 5.69 Å². The summed E-state index contributed by atoms with van der Waals surface area (Å²) in [6.45, 7) is 4.76. The number of benzene rings is 1. The summed E-state index contributed by atoms with van der Waals surface area (Å²) >= 11 is 1.35. The number of para-hydroxylation sites is 1. The molecule has 0 saturated carbocycles. The van der Waals surface area contributed by atoms with Crippen LogP contribution in [0.2, 0.25) is 0 Å². The van der Waals surface area contributed by atoms with Crippen LogP contribution in [0.5, 0.6) is 0 Å². The molecule has 1 fully saturated rings. The first-order valence-electron chi connectivity index (χ1n) is 8.33. The fraction of sp³-hybridized carbons (Fsp3) is 0.471. The molecule has 24 heavy (non-hydrogen) atoms. The maximum absolute atomic E-state index is 11.4. The van der Waals surface area contributed by atoms with Gasteiger partial charge in [-0.15, -0.1) is 10.2 Å². The Balaban J connectivity index is 1.90. The summed E-state index contributed by atoms with van der Waals surface area (Å²) in [5.41, 5.74) is 6.41. The molecule has 1 amide bonds. The van der Waals surface area contributed by atoms with Crippen molar-refractivity contribution in [2.45, 2.75) is 43.1 Å². The van der Waals surface area contributed by atoms with Gasteiger partial charge in [0.25, 0.3) is 0 Å². The molecular formula is C17H23N5OS. The highest BCUT2D eigenvalue weighted by Crippen LogP contribution is 2.26. The zero-order valence-corrected chi connectivity index (χ0v) is 14.7. The normalized spacial score (nSPS) is 16.9. The first kappa shape index (κ1) is 17.0. The van der Waals surface area contributed by atoms with E-state index in [2.05, 4.69) is 15.1 Å². The molecule has 0 aliphatic carbocycles. The molecule has 3 rings (SSSR count). The zero-order valence-electron chi connectivity index (χ0n) is 13.9. The fourth-order valence-electron chi connectivity index (χ4n) is 2.85. The minimum Gasteiger partial charge on any atom is -0.369 e. The number of aromatic nitrogens is 3. The molecule has 2 N–H and O–H groups in total. The van der Waals surface area contributed by atoms with E-state index in [4.69, 9.17) is 5.73 Å². The number of nitrogens with zero attached hydrogens (tertiary/aromatic N) is 4. The van der Waals surface area contributed by atoms with E-state index in [1.807, 2.05) is 34.9 Å². The molecule has 1 aromatic carbocycles. The molecule has 1 saturated heterocycles. The Kier molecular flexibility index (Phi) is 5.52. The quantitative estimate of drug-likeness (QED) is 0.812. The third-order valence-electron chi connectivity index (χ3n) is 4.21. The Bertz CT molecular complexity index is 682. The second-order valence-electron chi connectivity index (χ2n) is 6.07. The third-order valence-corrected chi connectivity index (χ3v) is 5.27. The van der Waals surface area contributed by atoms with Gasteiger partial charge >= 0.3 is 0 Å². The monoisotopic (exact) mass is 345 g/mol. The van der Waals surface area contributed by atoms with E-state index in [9.17, 15) is 4.79 Å². The number of likely N-dealkylation sites (tertiary alicyclic amines) is 1. The van der Waals surface area contributed by atoms with Gasteiger partial charge in [0.2, 0.25) is 5.91 Å². The van der Waals surface area contributed by atoms with Gasteiger partial charge in [0.05, 0.1) is 11.8 Å². The molecule has 0 radical (unpaired) electrons. The lowest BCUT2D eigenvalue weighted by molar-refractivity contribution is -0.117. The van der Waals surface area contributed by atoms with Crippen LogP contribution in [0.4, 0.5) is 0 Å². The van der Waals surface area contributed by atoms with Gasteiger partial charge in [-0.25, -0.2) is 0 Å². The maximum Gasteiger partial charge on any atom is 0.230 e. The van der Waals surface area contributed by atoms with E-state index >= 15 is 0 Å². The molecule has 1 aliphatic rings. The van der Waals surface area contributed by atoms with Gasteiger partial charge in [0.15, 0.2) is 11.0 Å². The second kappa shape index (κ2) is 7.81. The number of thioether (sulfide) groups is 1. The van der Waals surface area contributed by atoms with E-state index in [-0.39, 0.29) is 11.2 Å². The van der Waals surface area contributed by atoms with E-state index in [1.165, 1.54) is 31.0 Å². The zero-order chi connectivity index (χ0) is 16.9. The van der Waals surface area contributed by atoms with Gasteiger partial charge in [-0.2, -0.15) is 0 Å². The van der Waals surface area contributed by atoms with Crippen LogP contribution < -0.4 is 5.73 Å². The molecule has 128 valence electrons. The van der Waals surface area contributed by atoms with Gasteiger partial charge in [0.1, 0.15) is 0 Å². The SMILES string of the molecule is CC(Sc1nnc(CN2CCCCC2)n1-c1ccccc1)C(N)=O. The predicted molar refractivity (Wildman–Crippen MR) is 95.0 cm³/mol. The average Bonchev–Trinajstić information content (AvgIpc) is 2.98. The molecule has 1 aromatic heterocycles. The number of carbonyl (C=O) groups excluding carboxylic acids is 1. The minimum atomic E-state index is -0.348. The van der Waals surface area contributed by atoms with E-state index in [0.29, 0.717) is 5.16 Å². The van der Waals surface area contributed by atoms with Crippen molar-refractivity contribution in [3.8, 4) is 5.69 Å². The van der Waals surface area contributed by atoms with Crippen molar-refractivity contribution in [3.05, 3.63) is 36.2 Å². The summed E-state index contributed by atoms with van der Waals surface area (Å²) in [6.07, 6.45) is 3.78. The topological polar surface area (TPSA) is 77.0 Å². The molecule has 1 unspecified atom stereocenters. The predicted octanol–water partition coefficient (Wildman–Crippen LogP) is 2.22. The Morgan fingerprint density at radius 3 is 2.58 bits per heavy atom. The van der Waals surface area contributed by atoms with Crippen molar-refractivity contribution in [2.75, 3.05) is 13.1 Å². The van der Waals surface area contributed by atoms with Crippen LogP contribution in [0.25, 0.3) is 5.69 Å². The molecule has 1 aliphatic heterocycles.